The van der Waals surface area contributed by atoms with Crippen LogP contribution in [-0.2, 0) is 11.3 Å². The SMILES string of the molecule is O=C1C2=C(CCCC2)C2=NCc3c(ccc(Cl)c3F)N12. The molecule has 1 aromatic rings. The normalized spacial score (nSPS) is 20.6. The zero-order chi connectivity index (χ0) is 13.9. The Kier molecular flexibility index (Phi) is 2.51. The van der Waals surface area contributed by atoms with E-state index >= 15 is 0 Å². The Labute approximate surface area is 120 Å². The summed E-state index contributed by atoms with van der Waals surface area (Å²) in [6.45, 7) is 0.248. The number of amidine groups is 1. The van der Waals surface area contributed by atoms with Gasteiger partial charge in [0, 0.05) is 16.7 Å². The molecule has 20 heavy (non-hydrogen) atoms. The van der Waals surface area contributed by atoms with Crippen LogP contribution in [-0.4, -0.2) is 11.7 Å². The monoisotopic (exact) mass is 290 g/mol. The van der Waals surface area contributed by atoms with Crippen LogP contribution >= 0.6 is 11.6 Å². The van der Waals surface area contributed by atoms with Crippen LogP contribution in [0.5, 0.6) is 0 Å². The molecule has 4 rings (SSSR count). The second-order valence-corrected chi connectivity index (χ2v) is 5.71. The maximum atomic E-state index is 14.1. The van der Waals surface area contributed by atoms with Gasteiger partial charge in [-0.15, -0.1) is 0 Å². The summed E-state index contributed by atoms with van der Waals surface area (Å²) in [5.74, 6) is 0.213. The van der Waals surface area contributed by atoms with Crippen molar-refractivity contribution in [2.75, 3.05) is 4.90 Å². The van der Waals surface area contributed by atoms with Gasteiger partial charge in [-0.2, -0.15) is 0 Å². The van der Waals surface area contributed by atoms with E-state index in [9.17, 15) is 9.18 Å². The van der Waals surface area contributed by atoms with Gasteiger partial charge in [0.25, 0.3) is 5.91 Å². The summed E-state index contributed by atoms with van der Waals surface area (Å²) in [4.78, 5) is 18.6. The molecular formula is C15H12ClFN2O. The Bertz CT molecular complexity index is 708. The van der Waals surface area contributed by atoms with Crippen LogP contribution in [0.4, 0.5) is 10.1 Å². The van der Waals surface area contributed by atoms with Crippen LogP contribution < -0.4 is 4.90 Å². The lowest BCUT2D eigenvalue weighted by Crippen LogP contribution is -2.35. The summed E-state index contributed by atoms with van der Waals surface area (Å²) in [6, 6.07) is 3.22. The van der Waals surface area contributed by atoms with Gasteiger partial charge < -0.3 is 0 Å². The number of hydrogen-bond acceptors (Lipinski definition) is 2. The molecular weight excluding hydrogens is 279 g/mol. The van der Waals surface area contributed by atoms with Crippen molar-refractivity contribution in [3.05, 3.63) is 39.7 Å². The molecule has 0 aromatic heterocycles. The lowest BCUT2D eigenvalue weighted by atomic mass is 9.93. The summed E-state index contributed by atoms with van der Waals surface area (Å²) < 4.78 is 14.1. The van der Waals surface area contributed by atoms with E-state index in [-0.39, 0.29) is 17.5 Å². The van der Waals surface area contributed by atoms with Gasteiger partial charge >= 0.3 is 0 Å². The molecule has 0 saturated heterocycles. The molecule has 102 valence electrons. The molecule has 3 nitrogen and oxygen atoms in total. The van der Waals surface area contributed by atoms with Crippen LogP contribution in [0.1, 0.15) is 31.2 Å². The van der Waals surface area contributed by atoms with Crippen molar-refractivity contribution in [3.63, 3.8) is 0 Å². The number of fused-ring (bicyclic) bond motifs is 4. The van der Waals surface area contributed by atoms with E-state index in [0.717, 1.165) is 42.7 Å². The van der Waals surface area contributed by atoms with Crippen LogP contribution in [0.2, 0.25) is 5.02 Å². The molecule has 0 fully saturated rings. The van der Waals surface area contributed by atoms with Crippen molar-refractivity contribution < 1.29 is 9.18 Å². The summed E-state index contributed by atoms with van der Waals surface area (Å²) in [7, 11) is 0. The Morgan fingerprint density at radius 2 is 1.95 bits per heavy atom. The Hall–Kier alpha value is -1.68. The van der Waals surface area contributed by atoms with Gasteiger partial charge in [-0.1, -0.05) is 11.6 Å². The fourth-order valence-corrected chi connectivity index (χ4v) is 3.42. The zero-order valence-corrected chi connectivity index (χ0v) is 11.5. The van der Waals surface area contributed by atoms with Gasteiger partial charge in [-0.05, 0) is 37.8 Å². The number of carbonyl (C=O) groups excluding carboxylic acids is 1. The van der Waals surface area contributed by atoms with Gasteiger partial charge in [0.05, 0.1) is 17.3 Å². The van der Waals surface area contributed by atoms with E-state index in [2.05, 4.69) is 4.99 Å². The van der Waals surface area contributed by atoms with E-state index < -0.39 is 5.82 Å². The largest absolute Gasteiger partial charge is 0.269 e. The molecule has 1 aromatic carbocycles. The molecule has 2 aliphatic heterocycles. The number of nitrogens with zero attached hydrogens (tertiary/aromatic N) is 2. The molecule has 3 aliphatic rings. The van der Waals surface area contributed by atoms with Crippen molar-refractivity contribution in [2.45, 2.75) is 32.2 Å². The summed E-state index contributed by atoms with van der Waals surface area (Å²) in [5.41, 5.74) is 2.92. The van der Waals surface area contributed by atoms with E-state index in [4.69, 9.17) is 11.6 Å². The third-order valence-electron chi connectivity index (χ3n) is 4.21. The number of carbonyl (C=O) groups is 1. The number of halogens is 2. The van der Waals surface area contributed by atoms with E-state index in [1.54, 1.807) is 11.0 Å². The fourth-order valence-electron chi connectivity index (χ4n) is 3.24. The first-order valence-electron chi connectivity index (χ1n) is 6.76. The van der Waals surface area contributed by atoms with E-state index in [1.807, 2.05) is 0 Å². The minimum absolute atomic E-state index is 0.0406. The molecule has 0 N–H and O–H groups in total. The van der Waals surface area contributed by atoms with E-state index in [0.29, 0.717) is 11.3 Å². The quantitative estimate of drug-likeness (QED) is 0.718. The number of rotatable bonds is 0. The highest BCUT2D eigenvalue weighted by molar-refractivity contribution is 6.36. The fraction of sp³-hybridized carbons (Fsp3) is 0.333. The predicted molar refractivity (Wildman–Crippen MR) is 75.5 cm³/mol. The topological polar surface area (TPSA) is 32.7 Å². The van der Waals surface area contributed by atoms with Crippen molar-refractivity contribution in [3.8, 4) is 0 Å². The van der Waals surface area contributed by atoms with Gasteiger partial charge in [-0.3, -0.25) is 14.7 Å². The second-order valence-electron chi connectivity index (χ2n) is 5.30. The molecule has 0 saturated carbocycles. The van der Waals surface area contributed by atoms with Gasteiger partial charge in [-0.25, -0.2) is 4.39 Å². The average molecular weight is 291 g/mol. The van der Waals surface area contributed by atoms with Gasteiger partial charge in [0.1, 0.15) is 11.7 Å². The summed E-state index contributed by atoms with van der Waals surface area (Å²) in [5, 5.41) is 0.0757. The summed E-state index contributed by atoms with van der Waals surface area (Å²) >= 11 is 5.81. The highest BCUT2D eigenvalue weighted by atomic mass is 35.5. The first-order chi connectivity index (χ1) is 9.68. The standard InChI is InChI=1S/C15H12ClFN2O/c16-11-5-6-12-10(13(11)17)7-18-14-8-3-1-2-4-9(8)15(20)19(12)14/h5-6H,1-4,7H2. The molecule has 1 aliphatic carbocycles. The first kappa shape index (κ1) is 12.1. The Morgan fingerprint density at radius 1 is 1.20 bits per heavy atom. The van der Waals surface area contributed by atoms with Crippen molar-refractivity contribution in [1.29, 1.82) is 0 Å². The minimum Gasteiger partial charge on any atom is -0.269 e. The lowest BCUT2D eigenvalue weighted by molar-refractivity contribution is -0.114. The van der Waals surface area contributed by atoms with Crippen LogP contribution in [0, 0.1) is 5.82 Å². The zero-order valence-electron chi connectivity index (χ0n) is 10.7. The lowest BCUT2D eigenvalue weighted by Gasteiger charge is -2.26. The molecule has 5 heteroatoms. The Morgan fingerprint density at radius 3 is 2.75 bits per heavy atom. The molecule has 1 amide bonds. The molecule has 0 atom stereocenters. The number of aliphatic imine (C=N–C) groups is 1. The Balaban J connectivity index is 1.88. The molecule has 0 radical (unpaired) electrons. The number of benzene rings is 1. The summed E-state index contributed by atoms with van der Waals surface area (Å²) in [6.07, 6.45) is 3.81. The van der Waals surface area contributed by atoms with Crippen LogP contribution in [0.15, 0.2) is 28.3 Å². The maximum absolute atomic E-state index is 14.1. The van der Waals surface area contributed by atoms with Crippen molar-refractivity contribution in [2.24, 2.45) is 4.99 Å². The molecule has 2 heterocycles. The third kappa shape index (κ3) is 1.45. The minimum atomic E-state index is -0.468. The number of hydrogen-bond donors (Lipinski definition) is 0. The van der Waals surface area contributed by atoms with Crippen molar-refractivity contribution in [1.82, 2.24) is 0 Å². The van der Waals surface area contributed by atoms with Gasteiger partial charge in [0.15, 0.2) is 0 Å². The first-order valence-corrected chi connectivity index (χ1v) is 7.14. The van der Waals surface area contributed by atoms with Crippen LogP contribution in [0.3, 0.4) is 0 Å². The third-order valence-corrected chi connectivity index (χ3v) is 4.50. The molecule has 0 unspecified atom stereocenters. The molecule has 0 spiro atoms. The van der Waals surface area contributed by atoms with E-state index in [1.165, 1.54) is 6.07 Å². The second kappa shape index (κ2) is 4.16. The highest BCUT2D eigenvalue weighted by Crippen LogP contribution is 2.41. The number of anilines is 1. The maximum Gasteiger partial charge on any atom is 0.260 e. The highest BCUT2D eigenvalue weighted by Gasteiger charge is 2.41. The predicted octanol–water partition coefficient (Wildman–Crippen LogP) is 3.61. The smallest absolute Gasteiger partial charge is 0.260 e. The van der Waals surface area contributed by atoms with Gasteiger partial charge in [0.2, 0.25) is 0 Å². The number of amides is 1. The van der Waals surface area contributed by atoms with Crippen LogP contribution in [0.25, 0.3) is 0 Å². The molecule has 0 bridgehead atoms. The van der Waals surface area contributed by atoms with Crippen molar-refractivity contribution >= 4 is 29.0 Å². The average Bonchev–Trinajstić information content (AvgIpc) is 2.77.